The Bertz CT molecular complexity index is 739. The van der Waals surface area contributed by atoms with Crippen molar-refractivity contribution in [2.45, 2.75) is 58.2 Å². The summed E-state index contributed by atoms with van der Waals surface area (Å²) < 4.78 is 11.3. The molecule has 1 saturated carbocycles. The monoisotopic (exact) mass is 357 g/mol. The summed E-state index contributed by atoms with van der Waals surface area (Å²) in [5.41, 5.74) is 1.75. The van der Waals surface area contributed by atoms with Crippen molar-refractivity contribution in [3.8, 4) is 5.75 Å². The number of para-hydroxylation sites is 1. The minimum Gasteiger partial charge on any atom is -0.490 e. The summed E-state index contributed by atoms with van der Waals surface area (Å²) in [6, 6.07) is 9.60. The number of aromatic nitrogens is 1. The molecule has 0 radical (unpaired) electrons. The second kappa shape index (κ2) is 8.25. The van der Waals surface area contributed by atoms with E-state index in [1.54, 1.807) is 11.9 Å². The molecule has 1 N–H and O–H groups in total. The quantitative estimate of drug-likeness (QED) is 0.773. The van der Waals surface area contributed by atoms with E-state index in [0.29, 0.717) is 19.0 Å². The Morgan fingerprint density at radius 3 is 2.92 bits per heavy atom. The SMILES string of the molecule is CCC(C)Oc1ccccc1CNC(=O)N(C)Cc1cc(C2CC2)on1. The van der Waals surface area contributed by atoms with Gasteiger partial charge in [-0.15, -0.1) is 0 Å². The van der Waals surface area contributed by atoms with Crippen LogP contribution in [0.1, 0.15) is 56.0 Å². The van der Waals surface area contributed by atoms with Gasteiger partial charge in [-0.05, 0) is 32.3 Å². The van der Waals surface area contributed by atoms with E-state index in [1.165, 1.54) is 12.8 Å². The van der Waals surface area contributed by atoms with Crippen LogP contribution in [0.5, 0.6) is 5.75 Å². The molecule has 1 aliphatic carbocycles. The molecule has 0 aliphatic heterocycles. The van der Waals surface area contributed by atoms with Crippen LogP contribution in [-0.2, 0) is 13.1 Å². The lowest BCUT2D eigenvalue weighted by molar-refractivity contribution is 0.203. The highest BCUT2D eigenvalue weighted by Gasteiger charge is 2.28. The van der Waals surface area contributed by atoms with E-state index in [0.717, 1.165) is 29.2 Å². The third-order valence-corrected chi connectivity index (χ3v) is 4.61. The summed E-state index contributed by atoms with van der Waals surface area (Å²) in [5, 5.41) is 7.00. The third kappa shape index (κ3) is 4.77. The summed E-state index contributed by atoms with van der Waals surface area (Å²) in [7, 11) is 1.75. The summed E-state index contributed by atoms with van der Waals surface area (Å²) in [5.74, 6) is 2.28. The van der Waals surface area contributed by atoms with Gasteiger partial charge in [0.25, 0.3) is 0 Å². The minimum absolute atomic E-state index is 0.141. The summed E-state index contributed by atoms with van der Waals surface area (Å²) in [6.07, 6.45) is 3.42. The zero-order chi connectivity index (χ0) is 18.5. The predicted molar refractivity (Wildman–Crippen MR) is 99.0 cm³/mol. The van der Waals surface area contributed by atoms with Gasteiger partial charge in [0.2, 0.25) is 0 Å². The fourth-order valence-electron chi connectivity index (χ4n) is 2.65. The van der Waals surface area contributed by atoms with E-state index in [2.05, 4.69) is 17.4 Å². The van der Waals surface area contributed by atoms with Crippen LogP contribution in [0, 0.1) is 0 Å². The molecule has 2 amide bonds. The second-order valence-corrected chi connectivity index (χ2v) is 6.95. The van der Waals surface area contributed by atoms with Gasteiger partial charge in [-0.3, -0.25) is 0 Å². The van der Waals surface area contributed by atoms with E-state index < -0.39 is 0 Å². The second-order valence-electron chi connectivity index (χ2n) is 6.95. The molecule has 1 aliphatic rings. The Hall–Kier alpha value is -2.50. The van der Waals surface area contributed by atoms with E-state index in [-0.39, 0.29) is 12.1 Å². The molecular weight excluding hydrogens is 330 g/mol. The number of benzene rings is 1. The van der Waals surface area contributed by atoms with Crippen LogP contribution in [0.4, 0.5) is 4.79 Å². The van der Waals surface area contributed by atoms with Crippen molar-refractivity contribution in [2.75, 3.05) is 7.05 Å². The number of carbonyl (C=O) groups is 1. The van der Waals surface area contributed by atoms with Gasteiger partial charge in [0.15, 0.2) is 0 Å². The molecule has 1 atom stereocenters. The fraction of sp³-hybridized carbons (Fsp3) is 0.500. The lowest BCUT2D eigenvalue weighted by Gasteiger charge is -2.19. The first-order valence-electron chi connectivity index (χ1n) is 9.25. The minimum atomic E-state index is -0.153. The maximum Gasteiger partial charge on any atom is 0.317 e. The maximum atomic E-state index is 12.4. The van der Waals surface area contributed by atoms with Crippen LogP contribution in [0.3, 0.4) is 0 Å². The smallest absolute Gasteiger partial charge is 0.317 e. The topological polar surface area (TPSA) is 67.6 Å². The highest BCUT2D eigenvalue weighted by Crippen LogP contribution is 2.40. The van der Waals surface area contributed by atoms with Crippen molar-refractivity contribution in [2.24, 2.45) is 0 Å². The van der Waals surface area contributed by atoms with Crippen LogP contribution in [0.2, 0.25) is 0 Å². The van der Waals surface area contributed by atoms with Gasteiger partial charge in [0, 0.05) is 31.1 Å². The first-order valence-corrected chi connectivity index (χ1v) is 9.25. The van der Waals surface area contributed by atoms with Crippen LogP contribution >= 0.6 is 0 Å². The van der Waals surface area contributed by atoms with Crippen molar-refractivity contribution in [3.05, 3.63) is 47.3 Å². The molecule has 1 fully saturated rings. The first kappa shape index (κ1) is 18.3. The normalized spacial score (nSPS) is 14.7. The Balaban J connectivity index is 1.52. The van der Waals surface area contributed by atoms with Gasteiger partial charge in [-0.2, -0.15) is 0 Å². The van der Waals surface area contributed by atoms with Crippen molar-refractivity contribution in [1.82, 2.24) is 15.4 Å². The Labute approximate surface area is 154 Å². The van der Waals surface area contributed by atoms with E-state index >= 15 is 0 Å². The van der Waals surface area contributed by atoms with E-state index in [4.69, 9.17) is 9.26 Å². The van der Waals surface area contributed by atoms with E-state index in [1.807, 2.05) is 37.3 Å². The molecule has 6 heteroatoms. The standard InChI is InChI=1S/C20H27N3O3/c1-4-14(2)25-18-8-6-5-7-16(18)12-21-20(24)23(3)13-17-11-19(26-22-17)15-9-10-15/h5-8,11,14-15H,4,9-10,12-13H2,1-3H3,(H,21,24). The molecule has 0 spiro atoms. The zero-order valence-corrected chi connectivity index (χ0v) is 15.7. The molecule has 140 valence electrons. The number of hydrogen-bond donors (Lipinski definition) is 1. The molecule has 1 aromatic carbocycles. The van der Waals surface area contributed by atoms with Crippen LogP contribution in [0.25, 0.3) is 0 Å². The van der Waals surface area contributed by atoms with Crippen LogP contribution in [-0.4, -0.2) is 29.2 Å². The van der Waals surface area contributed by atoms with Gasteiger partial charge in [-0.25, -0.2) is 4.79 Å². The molecular formula is C20H27N3O3. The first-order chi connectivity index (χ1) is 12.6. The number of nitrogens with zero attached hydrogens (tertiary/aromatic N) is 2. The van der Waals surface area contributed by atoms with E-state index in [9.17, 15) is 4.79 Å². The van der Waals surface area contributed by atoms with Gasteiger partial charge in [-0.1, -0.05) is 30.3 Å². The molecule has 6 nitrogen and oxygen atoms in total. The number of amides is 2. The number of urea groups is 1. The average Bonchev–Trinajstić information content (AvgIpc) is 3.40. The highest BCUT2D eigenvalue weighted by atomic mass is 16.5. The maximum absolute atomic E-state index is 12.4. The van der Waals surface area contributed by atoms with Gasteiger partial charge in [0.1, 0.15) is 17.2 Å². The number of hydrogen-bond acceptors (Lipinski definition) is 4. The number of carbonyl (C=O) groups excluding carboxylic acids is 1. The molecule has 26 heavy (non-hydrogen) atoms. The summed E-state index contributed by atoms with van der Waals surface area (Å²) in [6.45, 7) is 4.97. The van der Waals surface area contributed by atoms with Crippen molar-refractivity contribution < 1.29 is 14.1 Å². The molecule has 3 rings (SSSR count). The number of ether oxygens (including phenoxy) is 1. The molecule has 1 unspecified atom stereocenters. The lowest BCUT2D eigenvalue weighted by atomic mass is 10.2. The van der Waals surface area contributed by atoms with Gasteiger partial charge in [0.05, 0.1) is 12.6 Å². The third-order valence-electron chi connectivity index (χ3n) is 4.61. The highest BCUT2D eigenvalue weighted by molar-refractivity contribution is 5.73. The molecule has 1 heterocycles. The van der Waals surface area contributed by atoms with Crippen LogP contribution in [0.15, 0.2) is 34.9 Å². The molecule has 0 saturated heterocycles. The van der Waals surface area contributed by atoms with Crippen LogP contribution < -0.4 is 10.1 Å². The Morgan fingerprint density at radius 1 is 1.42 bits per heavy atom. The average molecular weight is 357 g/mol. The molecule has 0 bridgehead atoms. The van der Waals surface area contributed by atoms with Crippen molar-refractivity contribution >= 4 is 6.03 Å². The van der Waals surface area contributed by atoms with Crippen molar-refractivity contribution in [1.29, 1.82) is 0 Å². The fourth-order valence-corrected chi connectivity index (χ4v) is 2.65. The largest absolute Gasteiger partial charge is 0.490 e. The summed E-state index contributed by atoms with van der Waals surface area (Å²) >= 11 is 0. The van der Waals surface area contributed by atoms with Gasteiger partial charge < -0.3 is 19.5 Å². The predicted octanol–water partition coefficient (Wildman–Crippen LogP) is 4.07. The summed E-state index contributed by atoms with van der Waals surface area (Å²) in [4.78, 5) is 14.0. The van der Waals surface area contributed by atoms with Gasteiger partial charge >= 0.3 is 6.03 Å². The Kier molecular flexibility index (Phi) is 5.81. The number of nitrogens with one attached hydrogen (secondary N) is 1. The lowest BCUT2D eigenvalue weighted by Crippen LogP contribution is -2.36. The zero-order valence-electron chi connectivity index (χ0n) is 15.7. The Morgan fingerprint density at radius 2 is 2.19 bits per heavy atom. The molecule has 1 aromatic heterocycles. The number of rotatable bonds is 8. The molecule has 2 aromatic rings. The van der Waals surface area contributed by atoms with Crippen molar-refractivity contribution in [3.63, 3.8) is 0 Å².